The van der Waals surface area contributed by atoms with Crippen LogP contribution in [-0.4, -0.2) is 19.9 Å². The second-order valence-corrected chi connectivity index (χ2v) is 5.94. The fraction of sp³-hybridized carbons (Fsp3) is 0.333. The normalized spacial score (nSPS) is 12.1. The highest BCUT2D eigenvalue weighted by Gasteiger charge is 2.18. The van der Waals surface area contributed by atoms with Crippen LogP contribution in [0.25, 0.3) is 10.9 Å². The zero-order valence-electron chi connectivity index (χ0n) is 10.2. The number of hydrogen-bond acceptors (Lipinski definition) is 3. The Kier molecular flexibility index (Phi) is 3.58. The van der Waals surface area contributed by atoms with E-state index >= 15 is 0 Å². The van der Waals surface area contributed by atoms with E-state index in [0.29, 0.717) is 17.6 Å². The van der Waals surface area contributed by atoms with Crippen molar-refractivity contribution in [3.63, 3.8) is 0 Å². The molecular formula is C12H17N3O2S. The summed E-state index contributed by atoms with van der Waals surface area (Å²) in [5.74, 6) is 0. The van der Waals surface area contributed by atoms with Gasteiger partial charge in [0.15, 0.2) is 0 Å². The zero-order valence-corrected chi connectivity index (χ0v) is 11.0. The average Bonchev–Trinajstić information content (AvgIpc) is 2.72. The Morgan fingerprint density at radius 1 is 1.39 bits per heavy atom. The lowest BCUT2D eigenvalue weighted by Gasteiger charge is -2.04. The van der Waals surface area contributed by atoms with Gasteiger partial charge in [0.25, 0.3) is 0 Å². The molecule has 1 heterocycles. The third-order valence-electron chi connectivity index (χ3n) is 2.78. The molecule has 0 aliphatic heterocycles. The predicted octanol–water partition coefficient (Wildman–Crippen LogP) is 1.83. The van der Waals surface area contributed by atoms with Gasteiger partial charge in [-0.3, -0.25) is 0 Å². The topological polar surface area (TPSA) is 88.0 Å². The quantitative estimate of drug-likeness (QED) is 0.570. The van der Waals surface area contributed by atoms with Crippen molar-refractivity contribution in [1.29, 1.82) is 0 Å². The van der Waals surface area contributed by atoms with E-state index in [1.807, 2.05) is 6.92 Å². The first-order valence-electron chi connectivity index (χ1n) is 5.91. The van der Waals surface area contributed by atoms with Crippen molar-refractivity contribution in [3.05, 3.63) is 24.4 Å². The molecule has 0 saturated heterocycles. The lowest BCUT2D eigenvalue weighted by Crippen LogP contribution is -2.24. The first kappa shape index (κ1) is 12.9. The van der Waals surface area contributed by atoms with Gasteiger partial charge in [0.2, 0.25) is 10.0 Å². The monoisotopic (exact) mass is 267 g/mol. The number of rotatable bonds is 5. The molecule has 0 spiro atoms. The Morgan fingerprint density at radius 3 is 2.89 bits per heavy atom. The second kappa shape index (κ2) is 4.99. The number of sulfonamides is 1. The van der Waals surface area contributed by atoms with Gasteiger partial charge in [0.05, 0.1) is 0 Å². The van der Waals surface area contributed by atoms with E-state index in [1.54, 1.807) is 18.2 Å². The third-order valence-corrected chi connectivity index (χ3v) is 4.28. The average molecular weight is 267 g/mol. The maximum Gasteiger partial charge on any atom is 0.242 e. The van der Waals surface area contributed by atoms with Gasteiger partial charge in [-0.05, 0) is 24.6 Å². The van der Waals surface area contributed by atoms with Gasteiger partial charge in [-0.25, -0.2) is 13.1 Å². The van der Waals surface area contributed by atoms with Gasteiger partial charge in [-0.1, -0.05) is 13.3 Å². The summed E-state index contributed by atoms with van der Waals surface area (Å²) in [5.41, 5.74) is 7.00. The summed E-state index contributed by atoms with van der Waals surface area (Å²) in [6.07, 6.45) is 3.27. The van der Waals surface area contributed by atoms with Crippen LogP contribution in [0.5, 0.6) is 0 Å². The van der Waals surface area contributed by atoms with Crippen molar-refractivity contribution in [1.82, 2.24) is 9.71 Å². The Balaban J connectivity index is 2.38. The number of unbranched alkanes of at least 4 members (excludes halogenated alkanes) is 1. The number of aromatic amines is 1. The summed E-state index contributed by atoms with van der Waals surface area (Å²) in [4.78, 5) is 3.19. The van der Waals surface area contributed by atoms with Gasteiger partial charge >= 0.3 is 0 Å². The van der Waals surface area contributed by atoms with Crippen LogP contribution < -0.4 is 10.5 Å². The molecule has 18 heavy (non-hydrogen) atoms. The number of nitrogens with two attached hydrogens (primary N) is 1. The molecule has 0 fully saturated rings. The van der Waals surface area contributed by atoms with Gasteiger partial charge in [-0.2, -0.15) is 0 Å². The van der Waals surface area contributed by atoms with Crippen molar-refractivity contribution in [2.45, 2.75) is 24.7 Å². The third kappa shape index (κ3) is 2.49. The van der Waals surface area contributed by atoms with Crippen LogP contribution in [0.2, 0.25) is 0 Å². The highest BCUT2D eigenvalue weighted by molar-refractivity contribution is 7.89. The van der Waals surface area contributed by atoms with Gasteiger partial charge in [0.1, 0.15) is 4.90 Å². The van der Waals surface area contributed by atoms with Crippen molar-refractivity contribution in [2.24, 2.45) is 0 Å². The highest BCUT2D eigenvalue weighted by Crippen LogP contribution is 2.24. The fourth-order valence-electron chi connectivity index (χ4n) is 1.80. The van der Waals surface area contributed by atoms with Gasteiger partial charge in [0, 0.05) is 29.3 Å². The predicted molar refractivity (Wildman–Crippen MR) is 72.8 cm³/mol. The Bertz CT molecular complexity index is 646. The minimum atomic E-state index is -3.47. The molecule has 0 bridgehead atoms. The summed E-state index contributed by atoms with van der Waals surface area (Å²) < 4.78 is 26.8. The van der Waals surface area contributed by atoms with E-state index in [1.165, 1.54) is 6.20 Å². The van der Waals surface area contributed by atoms with Crippen molar-refractivity contribution >= 4 is 26.6 Å². The minimum absolute atomic E-state index is 0.251. The molecule has 2 aromatic rings. The standard InChI is InChI=1S/C12H17N3O2S/c1-2-3-6-15-18(16,17)12-8-14-11-5-4-9(13)7-10(11)12/h4-5,7-8,14-15H,2-3,6,13H2,1H3. The summed E-state index contributed by atoms with van der Waals surface area (Å²) in [5, 5.41) is 0.624. The molecule has 6 heteroatoms. The molecule has 0 radical (unpaired) electrons. The first-order valence-corrected chi connectivity index (χ1v) is 7.39. The molecule has 0 aliphatic rings. The van der Waals surface area contributed by atoms with Crippen LogP contribution in [0.3, 0.4) is 0 Å². The maximum atomic E-state index is 12.1. The van der Waals surface area contributed by atoms with E-state index in [4.69, 9.17) is 5.73 Å². The number of benzene rings is 1. The molecule has 4 N–H and O–H groups in total. The summed E-state index contributed by atoms with van der Waals surface area (Å²) in [7, 11) is -3.47. The number of nitrogens with one attached hydrogen (secondary N) is 2. The Labute approximate surface area is 106 Å². The Hall–Kier alpha value is -1.53. The van der Waals surface area contributed by atoms with E-state index in [2.05, 4.69) is 9.71 Å². The van der Waals surface area contributed by atoms with Gasteiger partial charge < -0.3 is 10.7 Å². The Morgan fingerprint density at radius 2 is 2.17 bits per heavy atom. The van der Waals surface area contributed by atoms with E-state index in [-0.39, 0.29) is 4.90 Å². The molecule has 5 nitrogen and oxygen atoms in total. The van der Waals surface area contributed by atoms with Crippen molar-refractivity contribution < 1.29 is 8.42 Å². The van der Waals surface area contributed by atoms with Crippen LogP contribution in [0, 0.1) is 0 Å². The molecule has 0 amide bonds. The lowest BCUT2D eigenvalue weighted by molar-refractivity contribution is 0.579. The minimum Gasteiger partial charge on any atom is -0.399 e. The molecule has 0 unspecified atom stereocenters. The fourth-order valence-corrected chi connectivity index (χ4v) is 3.04. The van der Waals surface area contributed by atoms with E-state index in [0.717, 1.165) is 18.4 Å². The number of fused-ring (bicyclic) bond motifs is 1. The second-order valence-electron chi connectivity index (χ2n) is 4.21. The van der Waals surface area contributed by atoms with Crippen LogP contribution in [-0.2, 0) is 10.0 Å². The summed E-state index contributed by atoms with van der Waals surface area (Å²) in [6.45, 7) is 2.47. The molecule has 1 aromatic heterocycles. The van der Waals surface area contributed by atoms with Crippen LogP contribution in [0.15, 0.2) is 29.3 Å². The smallest absolute Gasteiger partial charge is 0.242 e. The summed E-state index contributed by atoms with van der Waals surface area (Å²) >= 11 is 0. The number of nitrogen functional groups attached to an aromatic ring is 1. The largest absolute Gasteiger partial charge is 0.399 e. The molecule has 0 aliphatic carbocycles. The molecule has 0 saturated carbocycles. The highest BCUT2D eigenvalue weighted by atomic mass is 32.2. The lowest BCUT2D eigenvalue weighted by atomic mass is 10.2. The zero-order chi connectivity index (χ0) is 13.2. The van der Waals surface area contributed by atoms with Gasteiger partial charge in [-0.15, -0.1) is 0 Å². The van der Waals surface area contributed by atoms with Crippen molar-refractivity contribution in [2.75, 3.05) is 12.3 Å². The van der Waals surface area contributed by atoms with Crippen LogP contribution in [0.1, 0.15) is 19.8 Å². The maximum absolute atomic E-state index is 12.1. The molecule has 2 rings (SSSR count). The van der Waals surface area contributed by atoms with Crippen molar-refractivity contribution in [3.8, 4) is 0 Å². The number of anilines is 1. The molecular weight excluding hydrogens is 250 g/mol. The number of aromatic nitrogens is 1. The first-order chi connectivity index (χ1) is 8.54. The SMILES string of the molecule is CCCCNS(=O)(=O)c1c[nH]c2ccc(N)cc12. The number of H-pyrrole nitrogens is 1. The van der Waals surface area contributed by atoms with Crippen LogP contribution in [0.4, 0.5) is 5.69 Å². The van der Waals surface area contributed by atoms with E-state index in [9.17, 15) is 8.42 Å². The molecule has 1 aromatic carbocycles. The molecule has 0 atom stereocenters. The molecule has 98 valence electrons. The van der Waals surface area contributed by atoms with Crippen LogP contribution >= 0.6 is 0 Å². The van der Waals surface area contributed by atoms with E-state index < -0.39 is 10.0 Å². The number of hydrogen-bond donors (Lipinski definition) is 3. The summed E-state index contributed by atoms with van der Waals surface area (Å²) in [6, 6.07) is 5.18.